The Morgan fingerprint density at radius 1 is 1.20 bits per heavy atom. The molecule has 1 aromatic carbocycles. The van der Waals surface area contributed by atoms with Crippen LogP contribution in [-0.2, 0) is 11.3 Å². The molecule has 0 bridgehead atoms. The van der Waals surface area contributed by atoms with Gasteiger partial charge in [-0.2, -0.15) is 0 Å². The molecule has 0 unspecified atom stereocenters. The van der Waals surface area contributed by atoms with Gasteiger partial charge in [0.2, 0.25) is 0 Å². The Morgan fingerprint density at radius 2 is 1.90 bits per heavy atom. The van der Waals surface area contributed by atoms with Gasteiger partial charge in [0.1, 0.15) is 0 Å². The molecule has 3 heteroatoms. The van der Waals surface area contributed by atoms with E-state index in [2.05, 4.69) is 25.1 Å². The van der Waals surface area contributed by atoms with Gasteiger partial charge < -0.3 is 14.9 Å². The van der Waals surface area contributed by atoms with Gasteiger partial charge in [-0.1, -0.05) is 42.0 Å². The zero-order chi connectivity index (χ0) is 14.6. The molecule has 0 saturated heterocycles. The number of aliphatic hydroxyl groups excluding tert-OH is 2. The minimum Gasteiger partial charge on any atom is -0.396 e. The number of hydrogen-bond acceptors (Lipinski definition) is 3. The lowest BCUT2D eigenvalue weighted by Crippen LogP contribution is -2.10. The van der Waals surface area contributed by atoms with E-state index in [1.807, 2.05) is 18.2 Å². The van der Waals surface area contributed by atoms with Crippen molar-refractivity contribution in [3.05, 3.63) is 47.5 Å². The molecule has 0 radical (unpaired) electrons. The number of hydrogen-bond donors (Lipinski definition) is 2. The van der Waals surface area contributed by atoms with Crippen LogP contribution in [0.5, 0.6) is 0 Å². The second kappa shape index (κ2) is 10.6. The van der Waals surface area contributed by atoms with E-state index in [1.165, 1.54) is 11.1 Å². The Bertz CT molecular complexity index is 369. The van der Waals surface area contributed by atoms with E-state index in [9.17, 15) is 0 Å². The Hall–Kier alpha value is -1.16. The Kier molecular flexibility index (Phi) is 8.96. The summed E-state index contributed by atoms with van der Waals surface area (Å²) in [5.41, 5.74) is 2.49. The smallest absolute Gasteiger partial charge is 0.0721 e. The molecule has 0 aliphatic rings. The molecule has 0 fully saturated rings. The van der Waals surface area contributed by atoms with Gasteiger partial charge in [-0.05, 0) is 31.7 Å². The van der Waals surface area contributed by atoms with E-state index in [0.29, 0.717) is 13.2 Å². The maximum Gasteiger partial charge on any atom is 0.0721 e. The summed E-state index contributed by atoms with van der Waals surface area (Å²) in [4.78, 5) is 0. The molecule has 112 valence electrons. The van der Waals surface area contributed by atoms with Crippen molar-refractivity contribution in [1.82, 2.24) is 0 Å². The summed E-state index contributed by atoms with van der Waals surface area (Å²) in [6.45, 7) is 3.50. The second-order valence-corrected chi connectivity index (χ2v) is 5.17. The van der Waals surface area contributed by atoms with Crippen LogP contribution in [0.15, 0.2) is 42.0 Å². The summed E-state index contributed by atoms with van der Waals surface area (Å²) >= 11 is 0. The quantitative estimate of drug-likeness (QED) is 0.511. The maximum absolute atomic E-state index is 8.98. The third kappa shape index (κ3) is 7.43. The molecule has 0 aliphatic heterocycles. The molecule has 20 heavy (non-hydrogen) atoms. The number of benzene rings is 1. The fraction of sp³-hybridized carbons (Fsp3) is 0.529. The maximum atomic E-state index is 8.98. The molecule has 0 spiro atoms. The molecule has 0 saturated carbocycles. The molecule has 0 aromatic heterocycles. The van der Waals surface area contributed by atoms with Gasteiger partial charge in [-0.25, -0.2) is 0 Å². The fourth-order valence-corrected chi connectivity index (χ4v) is 1.96. The van der Waals surface area contributed by atoms with Gasteiger partial charge in [0.05, 0.1) is 13.2 Å². The number of allylic oxidation sites excluding steroid dienone is 1. The highest BCUT2D eigenvalue weighted by Gasteiger charge is 2.04. The average Bonchev–Trinajstić information content (AvgIpc) is 2.49. The van der Waals surface area contributed by atoms with Crippen molar-refractivity contribution in [3.63, 3.8) is 0 Å². The van der Waals surface area contributed by atoms with Crippen LogP contribution in [0, 0.1) is 5.92 Å². The molecule has 3 nitrogen and oxygen atoms in total. The highest BCUT2D eigenvalue weighted by Crippen LogP contribution is 2.12. The van der Waals surface area contributed by atoms with Crippen LogP contribution in [-0.4, -0.2) is 30.0 Å². The zero-order valence-electron chi connectivity index (χ0n) is 12.3. The van der Waals surface area contributed by atoms with Crippen LogP contribution in [0.1, 0.15) is 31.7 Å². The lowest BCUT2D eigenvalue weighted by molar-refractivity contribution is 0.142. The molecule has 0 aliphatic carbocycles. The van der Waals surface area contributed by atoms with Gasteiger partial charge in [0.15, 0.2) is 0 Å². The standard InChI is InChI=1S/C17H26O3/c1-15(6-5-9-17(12-18)13-19)10-11-20-14-16-7-3-2-4-8-16/h2-4,7-8,10,17-19H,5-6,9,11-14H2,1H3/b15-10+. The lowest BCUT2D eigenvalue weighted by Gasteiger charge is -2.10. The van der Waals surface area contributed by atoms with E-state index < -0.39 is 0 Å². The van der Waals surface area contributed by atoms with Gasteiger partial charge in [0, 0.05) is 19.1 Å². The van der Waals surface area contributed by atoms with E-state index >= 15 is 0 Å². The van der Waals surface area contributed by atoms with E-state index in [1.54, 1.807) is 0 Å². The average molecular weight is 278 g/mol. The predicted molar refractivity (Wildman–Crippen MR) is 81.4 cm³/mol. The van der Waals surface area contributed by atoms with Crippen molar-refractivity contribution in [2.24, 2.45) is 5.92 Å². The second-order valence-electron chi connectivity index (χ2n) is 5.17. The summed E-state index contributed by atoms with van der Waals surface area (Å²) in [7, 11) is 0. The van der Waals surface area contributed by atoms with E-state index in [4.69, 9.17) is 14.9 Å². The van der Waals surface area contributed by atoms with Crippen LogP contribution < -0.4 is 0 Å². The summed E-state index contributed by atoms with van der Waals surface area (Å²) in [5.74, 6) is 0.0251. The summed E-state index contributed by atoms with van der Waals surface area (Å²) in [6.07, 6.45) is 4.96. The molecular formula is C17H26O3. The predicted octanol–water partition coefficient (Wildman–Crippen LogP) is 2.92. The first kappa shape index (κ1) is 16.9. The van der Waals surface area contributed by atoms with Gasteiger partial charge in [-0.15, -0.1) is 0 Å². The molecule has 0 heterocycles. The minimum absolute atomic E-state index is 0.0251. The zero-order valence-corrected chi connectivity index (χ0v) is 12.3. The van der Waals surface area contributed by atoms with Crippen molar-refractivity contribution in [2.75, 3.05) is 19.8 Å². The molecule has 2 N–H and O–H groups in total. The third-order valence-electron chi connectivity index (χ3n) is 3.36. The summed E-state index contributed by atoms with van der Waals surface area (Å²) in [6, 6.07) is 10.1. The SMILES string of the molecule is C/C(=C\COCc1ccccc1)CCCC(CO)CO. The Balaban J connectivity index is 2.12. The van der Waals surface area contributed by atoms with Crippen LogP contribution >= 0.6 is 0 Å². The van der Waals surface area contributed by atoms with Crippen LogP contribution in [0.25, 0.3) is 0 Å². The van der Waals surface area contributed by atoms with E-state index in [-0.39, 0.29) is 19.1 Å². The Labute approximate surface area is 121 Å². The van der Waals surface area contributed by atoms with Crippen molar-refractivity contribution >= 4 is 0 Å². The Morgan fingerprint density at radius 3 is 2.55 bits per heavy atom. The van der Waals surface area contributed by atoms with Crippen molar-refractivity contribution in [3.8, 4) is 0 Å². The fourth-order valence-electron chi connectivity index (χ4n) is 1.96. The van der Waals surface area contributed by atoms with Crippen LogP contribution in [0.3, 0.4) is 0 Å². The van der Waals surface area contributed by atoms with Crippen molar-refractivity contribution < 1.29 is 14.9 Å². The number of aliphatic hydroxyl groups is 2. The van der Waals surface area contributed by atoms with Crippen molar-refractivity contribution in [2.45, 2.75) is 32.8 Å². The van der Waals surface area contributed by atoms with Gasteiger partial charge >= 0.3 is 0 Å². The lowest BCUT2D eigenvalue weighted by atomic mass is 10.0. The number of rotatable bonds is 10. The number of ether oxygens (including phenoxy) is 1. The van der Waals surface area contributed by atoms with Gasteiger partial charge in [-0.3, -0.25) is 0 Å². The normalized spacial score (nSPS) is 12.1. The highest BCUT2D eigenvalue weighted by atomic mass is 16.5. The summed E-state index contributed by atoms with van der Waals surface area (Å²) in [5, 5.41) is 18.0. The van der Waals surface area contributed by atoms with Crippen LogP contribution in [0.4, 0.5) is 0 Å². The first-order valence-electron chi connectivity index (χ1n) is 7.25. The minimum atomic E-state index is 0.0251. The topological polar surface area (TPSA) is 49.7 Å². The molecule has 0 atom stereocenters. The van der Waals surface area contributed by atoms with Crippen LogP contribution in [0.2, 0.25) is 0 Å². The van der Waals surface area contributed by atoms with Crippen molar-refractivity contribution in [1.29, 1.82) is 0 Å². The third-order valence-corrected chi connectivity index (χ3v) is 3.36. The first-order valence-corrected chi connectivity index (χ1v) is 7.25. The van der Waals surface area contributed by atoms with Gasteiger partial charge in [0.25, 0.3) is 0 Å². The highest BCUT2D eigenvalue weighted by molar-refractivity contribution is 5.13. The van der Waals surface area contributed by atoms with E-state index in [0.717, 1.165) is 19.3 Å². The molecular weight excluding hydrogens is 252 g/mol. The largest absolute Gasteiger partial charge is 0.396 e. The first-order chi connectivity index (χ1) is 9.76. The molecule has 1 rings (SSSR count). The monoisotopic (exact) mass is 278 g/mol. The summed E-state index contributed by atoms with van der Waals surface area (Å²) < 4.78 is 5.60. The molecule has 1 aromatic rings. The molecule has 0 amide bonds.